The van der Waals surface area contributed by atoms with Gasteiger partial charge in [-0.2, -0.15) is 0 Å². The van der Waals surface area contributed by atoms with Crippen molar-refractivity contribution in [3.05, 3.63) is 66.8 Å². The van der Waals surface area contributed by atoms with Gasteiger partial charge in [-0.15, -0.1) is 0 Å². The third-order valence-corrected chi connectivity index (χ3v) is 4.11. The van der Waals surface area contributed by atoms with E-state index in [1.807, 2.05) is 54.6 Å². The topological polar surface area (TPSA) is 72.2 Å². The van der Waals surface area contributed by atoms with Crippen LogP contribution >= 0.6 is 22.6 Å². The molecule has 5 nitrogen and oxygen atoms in total. The fourth-order valence-corrected chi connectivity index (χ4v) is 2.40. The van der Waals surface area contributed by atoms with Gasteiger partial charge >= 0.3 is 0 Å². The van der Waals surface area contributed by atoms with E-state index in [2.05, 4.69) is 5.32 Å². The molecule has 0 saturated carbocycles. The summed E-state index contributed by atoms with van der Waals surface area (Å²) < 4.78 is 0.666. The zero-order chi connectivity index (χ0) is 15.6. The van der Waals surface area contributed by atoms with Crippen LogP contribution in [0.3, 0.4) is 0 Å². The third-order valence-electron chi connectivity index (χ3n) is 3.17. The van der Waals surface area contributed by atoms with Crippen LogP contribution in [0.1, 0.15) is 21.5 Å². The molecule has 0 saturated heterocycles. The van der Waals surface area contributed by atoms with Gasteiger partial charge in [0.2, 0.25) is 0 Å². The quantitative estimate of drug-likeness (QED) is 0.483. The van der Waals surface area contributed by atoms with E-state index in [0.717, 1.165) is 11.1 Å². The van der Waals surface area contributed by atoms with E-state index in [-0.39, 0.29) is 11.6 Å². The molecular formula is C15H13IN2O3. The minimum atomic E-state index is -0.511. The molecule has 0 unspecified atom stereocenters. The summed E-state index contributed by atoms with van der Waals surface area (Å²) in [5, 5.41) is 13.6. The number of carbonyl (C=O) groups is 1. The highest BCUT2D eigenvalue weighted by Crippen LogP contribution is 2.21. The van der Waals surface area contributed by atoms with Crippen molar-refractivity contribution in [1.29, 1.82) is 0 Å². The first kappa shape index (κ1) is 15.4. The van der Waals surface area contributed by atoms with Crippen molar-refractivity contribution < 1.29 is 9.72 Å². The lowest BCUT2D eigenvalue weighted by molar-refractivity contribution is -0.384. The standard InChI is InChI=1S/C15H13IN2O3/c1-9-3-4-11(7-10(9)2)17-15(19)13-8-12(18(20)21)5-6-14(13)16/h3-8H,1-2H3,(H,17,19). The lowest BCUT2D eigenvalue weighted by Crippen LogP contribution is -2.14. The molecule has 0 aliphatic rings. The molecule has 0 spiro atoms. The Morgan fingerprint density at radius 3 is 2.48 bits per heavy atom. The summed E-state index contributed by atoms with van der Waals surface area (Å²) in [4.78, 5) is 22.6. The molecule has 6 heteroatoms. The van der Waals surface area contributed by atoms with Crippen molar-refractivity contribution in [2.24, 2.45) is 0 Å². The molecular weight excluding hydrogens is 383 g/mol. The fraction of sp³-hybridized carbons (Fsp3) is 0.133. The van der Waals surface area contributed by atoms with Crippen molar-refractivity contribution >= 4 is 39.9 Å². The normalized spacial score (nSPS) is 10.2. The second kappa shape index (κ2) is 6.21. The number of hydrogen-bond acceptors (Lipinski definition) is 3. The van der Waals surface area contributed by atoms with Crippen LogP contribution in [0.15, 0.2) is 36.4 Å². The van der Waals surface area contributed by atoms with Crippen molar-refractivity contribution in [2.45, 2.75) is 13.8 Å². The maximum atomic E-state index is 12.3. The van der Waals surface area contributed by atoms with Gasteiger partial charge in [0, 0.05) is 21.4 Å². The summed E-state index contributed by atoms with van der Waals surface area (Å²) in [5.74, 6) is -0.355. The Labute approximate surface area is 135 Å². The number of carbonyl (C=O) groups excluding carboxylic acids is 1. The molecule has 0 aliphatic heterocycles. The van der Waals surface area contributed by atoms with Gasteiger partial charge in [-0.05, 0) is 65.8 Å². The molecule has 0 radical (unpaired) electrons. The zero-order valence-corrected chi connectivity index (χ0v) is 13.7. The van der Waals surface area contributed by atoms with Gasteiger partial charge < -0.3 is 5.32 Å². The van der Waals surface area contributed by atoms with Gasteiger partial charge in [-0.1, -0.05) is 6.07 Å². The molecule has 108 valence electrons. The first-order valence-corrected chi connectivity index (χ1v) is 7.29. The van der Waals surface area contributed by atoms with Crippen LogP contribution in [-0.2, 0) is 0 Å². The van der Waals surface area contributed by atoms with Gasteiger partial charge in [0.25, 0.3) is 11.6 Å². The Bertz CT molecular complexity index is 729. The molecule has 2 aromatic carbocycles. The van der Waals surface area contributed by atoms with Crippen LogP contribution in [0, 0.1) is 27.5 Å². The van der Waals surface area contributed by atoms with Crippen LogP contribution in [0.5, 0.6) is 0 Å². The van der Waals surface area contributed by atoms with E-state index < -0.39 is 4.92 Å². The molecule has 0 aromatic heterocycles. The molecule has 0 atom stereocenters. The Morgan fingerprint density at radius 1 is 1.14 bits per heavy atom. The maximum absolute atomic E-state index is 12.3. The van der Waals surface area contributed by atoms with Crippen LogP contribution in [0.25, 0.3) is 0 Å². The molecule has 21 heavy (non-hydrogen) atoms. The van der Waals surface area contributed by atoms with E-state index in [9.17, 15) is 14.9 Å². The van der Waals surface area contributed by atoms with E-state index >= 15 is 0 Å². The van der Waals surface area contributed by atoms with Crippen molar-refractivity contribution in [2.75, 3.05) is 5.32 Å². The molecule has 0 bridgehead atoms. The molecule has 0 heterocycles. The Hall–Kier alpha value is -1.96. The third kappa shape index (κ3) is 3.57. The Morgan fingerprint density at radius 2 is 1.86 bits per heavy atom. The second-order valence-electron chi connectivity index (χ2n) is 4.67. The molecule has 0 aliphatic carbocycles. The highest BCUT2D eigenvalue weighted by molar-refractivity contribution is 14.1. The molecule has 0 fully saturated rings. The fourth-order valence-electron chi connectivity index (χ4n) is 1.82. The number of rotatable bonds is 3. The van der Waals surface area contributed by atoms with Crippen LogP contribution < -0.4 is 5.32 Å². The SMILES string of the molecule is Cc1ccc(NC(=O)c2cc([N+](=O)[O-])ccc2I)cc1C. The first-order valence-electron chi connectivity index (χ1n) is 6.21. The Balaban J connectivity index is 2.29. The Kier molecular flexibility index (Phi) is 4.56. The molecule has 1 amide bonds. The molecule has 1 N–H and O–H groups in total. The lowest BCUT2D eigenvalue weighted by atomic mass is 10.1. The van der Waals surface area contributed by atoms with E-state index in [4.69, 9.17) is 0 Å². The number of aryl methyl sites for hydroxylation is 2. The number of benzene rings is 2. The van der Waals surface area contributed by atoms with Crippen molar-refractivity contribution in [3.8, 4) is 0 Å². The number of halogens is 1. The van der Waals surface area contributed by atoms with Crippen LogP contribution in [-0.4, -0.2) is 10.8 Å². The smallest absolute Gasteiger partial charge is 0.270 e. The number of nitro groups is 1. The lowest BCUT2D eigenvalue weighted by Gasteiger charge is -2.09. The predicted molar refractivity (Wildman–Crippen MR) is 89.7 cm³/mol. The van der Waals surface area contributed by atoms with Crippen LogP contribution in [0.2, 0.25) is 0 Å². The van der Waals surface area contributed by atoms with E-state index in [1.165, 1.54) is 12.1 Å². The first-order chi connectivity index (χ1) is 9.88. The van der Waals surface area contributed by atoms with Gasteiger partial charge in [0.1, 0.15) is 0 Å². The van der Waals surface area contributed by atoms with E-state index in [1.54, 1.807) is 6.07 Å². The summed E-state index contributed by atoms with van der Waals surface area (Å²) in [6.45, 7) is 3.95. The average molecular weight is 396 g/mol. The summed E-state index contributed by atoms with van der Waals surface area (Å²) >= 11 is 1.99. The van der Waals surface area contributed by atoms with Crippen molar-refractivity contribution in [1.82, 2.24) is 0 Å². The number of nitro benzene ring substituents is 1. The number of nitrogens with one attached hydrogen (secondary N) is 1. The minimum Gasteiger partial charge on any atom is -0.322 e. The van der Waals surface area contributed by atoms with Gasteiger partial charge in [0.05, 0.1) is 10.5 Å². The second-order valence-corrected chi connectivity index (χ2v) is 5.84. The number of amides is 1. The van der Waals surface area contributed by atoms with Crippen molar-refractivity contribution in [3.63, 3.8) is 0 Å². The average Bonchev–Trinajstić information content (AvgIpc) is 2.43. The maximum Gasteiger partial charge on any atom is 0.270 e. The largest absolute Gasteiger partial charge is 0.322 e. The van der Waals surface area contributed by atoms with Crippen LogP contribution in [0.4, 0.5) is 11.4 Å². The van der Waals surface area contributed by atoms with E-state index in [0.29, 0.717) is 14.8 Å². The highest BCUT2D eigenvalue weighted by atomic mass is 127. The summed E-state index contributed by atoms with van der Waals surface area (Å²) in [6.07, 6.45) is 0. The number of hydrogen-bond donors (Lipinski definition) is 1. The molecule has 2 aromatic rings. The monoisotopic (exact) mass is 396 g/mol. The van der Waals surface area contributed by atoms with Gasteiger partial charge in [-0.3, -0.25) is 14.9 Å². The summed E-state index contributed by atoms with van der Waals surface area (Å²) in [6, 6.07) is 9.84. The van der Waals surface area contributed by atoms with Gasteiger partial charge in [0.15, 0.2) is 0 Å². The predicted octanol–water partition coefficient (Wildman–Crippen LogP) is 4.07. The van der Waals surface area contributed by atoms with Gasteiger partial charge in [-0.25, -0.2) is 0 Å². The minimum absolute atomic E-state index is 0.0966. The number of non-ortho nitro benzene ring substituents is 1. The molecule has 2 rings (SSSR count). The number of nitrogens with zero attached hydrogens (tertiary/aromatic N) is 1. The number of anilines is 1. The zero-order valence-electron chi connectivity index (χ0n) is 11.5. The summed E-state index contributed by atoms with van der Waals surface area (Å²) in [7, 11) is 0. The summed E-state index contributed by atoms with van der Waals surface area (Å²) in [5.41, 5.74) is 3.08. The highest BCUT2D eigenvalue weighted by Gasteiger charge is 2.15.